The zero-order valence-corrected chi connectivity index (χ0v) is 13.6. The summed E-state index contributed by atoms with van der Waals surface area (Å²) >= 11 is 11.9. The van der Waals surface area contributed by atoms with Crippen molar-refractivity contribution in [1.82, 2.24) is 0 Å². The van der Waals surface area contributed by atoms with Crippen LogP contribution in [0, 0.1) is 0 Å². The van der Waals surface area contributed by atoms with Gasteiger partial charge in [-0.15, -0.1) is 0 Å². The number of carbonyl (C=O) groups excluding carboxylic acids is 1. The highest BCUT2D eigenvalue weighted by Crippen LogP contribution is 2.35. The van der Waals surface area contributed by atoms with Crippen LogP contribution in [-0.2, 0) is 4.79 Å². The van der Waals surface area contributed by atoms with Crippen LogP contribution < -0.4 is 19.5 Å². The van der Waals surface area contributed by atoms with Crippen LogP contribution in [0.25, 0.3) is 0 Å². The molecule has 2 aromatic carbocycles. The smallest absolute Gasteiger partial charge is 0.265 e. The fraction of sp³-hybridized carbons (Fsp3) is 0.188. The number of ether oxygens (including phenoxy) is 3. The third-order valence-electron chi connectivity index (χ3n) is 3.21. The third-order valence-corrected chi connectivity index (χ3v) is 3.78. The number of halogens is 2. The number of fused-ring (bicyclic) bond motifs is 1. The summed E-state index contributed by atoms with van der Waals surface area (Å²) in [6.07, 6.45) is -0.731. The molecular weight excluding hydrogens is 341 g/mol. The van der Waals surface area contributed by atoms with Gasteiger partial charge in [-0.05, 0) is 37.3 Å². The van der Waals surface area contributed by atoms with Gasteiger partial charge >= 0.3 is 0 Å². The Morgan fingerprint density at radius 3 is 2.78 bits per heavy atom. The summed E-state index contributed by atoms with van der Waals surface area (Å²) in [6, 6.07) is 9.96. The van der Waals surface area contributed by atoms with Gasteiger partial charge in [0.2, 0.25) is 6.79 Å². The van der Waals surface area contributed by atoms with Crippen LogP contribution >= 0.6 is 23.2 Å². The molecule has 23 heavy (non-hydrogen) atoms. The standard InChI is InChI=1S/C16H13Cl2NO4/c1-9(16(20)19-13-6-10(17)2-4-12(13)18)23-11-3-5-14-15(7-11)22-8-21-14/h2-7,9H,8H2,1H3,(H,19,20)/t9-/m1/s1. The van der Waals surface area contributed by atoms with Gasteiger partial charge in [0, 0.05) is 11.1 Å². The predicted molar refractivity (Wildman–Crippen MR) is 87.7 cm³/mol. The molecule has 0 spiro atoms. The van der Waals surface area contributed by atoms with Crippen molar-refractivity contribution in [2.45, 2.75) is 13.0 Å². The maximum absolute atomic E-state index is 12.2. The van der Waals surface area contributed by atoms with E-state index >= 15 is 0 Å². The molecule has 0 radical (unpaired) electrons. The molecule has 0 fully saturated rings. The lowest BCUT2D eigenvalue weighted by Crippen LogP contribution is -2.30. The molecule has 7 heteroatoms. The van der Waals surface area contributed by atoms with E-state index in [1.807, 2.05) is 0 Å². The van der Waals surface area contributed by atoms with E-state index in [2.05, 4.69) is 5.32 Å². The first kappa shape index (κ1) is 15.8. The highest BCUT2D eigenvalue weighted by atomic mass is 35.5. The summed E-state index contributed by atoms with van der Waals surface area (Å²) in [5, 5.41) is 3.57. The zero-order valence-electron chi connectivity index (χ0n) is 12.1. The lowest BCUT2D eigenvalue weighted by molar-refractivity contribution is -0.122. The number of amides is 1. The second kappa shape index (κ2) is 6.56. The SMILES string of the molecule is C[C@@H](Oc1ccc2c(c1)OCO2)C(=O)Nc1cc(Cl)ccc1Cl. The van der Waals surface area contributed by atoms with Crippen molar-refractivity contribution < 1.29 is 19.0 Å². The molecule has 0 bridgehead atoms. The Kier molecular flexibility index (Phi) is 4.50. The molecule has 1 aliphatic rings. The molecular formula is C16H13Cl2NO4. The van der Waals surface area contributed by atoms with Crippen LogP contribution in [0.4, 0.5) is 5.69 Å². The van der Waals surface area contributed by atoms with E-state index in [9.17, 15) is 4.79 Å². The average molecular weight is 354 g/mol. The summed E-state index contributed by atoms with van der Waals surface area (Å²) in [5.74, 6) is 1.41. The van der Waals surface area contributed by atoms with Crippen LogP contribution in [0.15, 0.2) is 36.4 Å². The van der Waals surface area contributed by atoms with Crippen molar-refractivity contribution >= 4 is 34.8 Å². The van der Waals surface area contributed by atoms with Gasteiger partial charge in [0.05, 0.1) is 10.7 Å². The van der Waals surface area contributed by atoms with E-state index < -0.39 is 6.10 Å². The predicted octanol–water partition coefficient (Wildman–Crippen LogP) is 4.13. The number of rotatable bonds is 4. The third kappa shape index (κ3) is 3.63. The van der Waals surface area contributed by atoms with Crippen LogP contribution in [0.1, 0.15) is 6.92 Å². The van der Waals surface area contributed by atoms with Crippen molar-refractivity contribution in [3.63, 3.8) is 0 Å². The molecule has 1 aliphatic heterocycles. The molecule has 1 amide bonds. The molecule has 0 aliphatic carbocycles. The number of nitrogens with one attached hydrogen (secondary N) is 1. The quantitative estimate of drug-likeness (QED) is 0.897. The van der Waals surface area contributed by atoms with Crippen molar-refractivity contribution in [1.29, 1.82) is 0 Å². The van der Waals surface area contributed by atoms with Crippen LogP contribution in [0.3, 0.4) is 0 Å². The Morgan fingerprint density at radius 2 is 1.96 bits per heavy atom. The summed E-state index contributed by atoms with van der Waals surface area (Å²) in [7, 11) is 0. The number of benzene rings is 2. The molecule has 0 unspecified atom stereocenters. The second-order valence-electron chi connectivity index (χ2n) is 4.89. The minimum atomic E-state index is -0.731. The molecule has 0 saturated heterocycles. The Balaban J connectivity index is 1.67. The highest BCUT2D eigenvalue weighted by molar-refractivity contribution is 6.35. The highest BCUT2D eigenvalue weighted by Gasteiger charge is 2.19. The Labute approximate surface area is 143 Å². The van der Waals surface area contributed by atoms with E-state index in [1.165, 1.54) is 0 Å². The maximum Gasteiger partial charge on any atom is 0.265 e. The minimum Gasteiger partial charge on any atom is -0.481 e. The van der Waals surface area contributed by atoms with E-state index in [-0.39, 0.29) is 12.7 Å². The van der Waals surface area contributed by atoms with E-state index in [0.717, 1.165) is 0 Å². The molecule has 1 N–H and O–H groups in total. The van der Waals surface area contributed by atoms with Gasteiger partial charge in [0.15, 0.2) is 17.6 Å². The van der Waals surface area contributed by atoms with Gasteiger partial charge < -0.3 is 19.5 Å². The van der Waals surface area contributed by atoms with Gasteiger partial charge in [0.25, 0.3) is 5.91 Å². The fourth-order valence-electron chi connectivity index (χ4n) is 2.04. The normalized spacial score (nSPS) is 13.5. The second-order valence-corrected chi connectivity index (χ2v) is 5.73. The van der Waals surface area contributed by atoms with Gasteiger partial charge in [-0.25, -0.2) is 0 Å². The summed E-state index contributed by atoms with van der Waals surface area (Å²) < 4.78 is 16.1. The maximum atomic E-state index is 12.2. The first-order valence-corrected chi connectivity index (χ1v) is 7.61. The van der Waals surface area contributed by atoms with E-state index in [4.69, 9.17) is 37.4 Å². The molecule has 0 saturated carbocycles. The lowest BCUT2D eigenvalue weighted by Gasteiger charge is -2.15. The number of anilines is 1. The number of hydrogen-bond acceptors (Lipinski definition) is 4. The van der Waals surface area contributed by atoms with Crippen molar-refractivity contribution in [2.24, 2.45) is 0 Å². The van der Waals surface area contributed by atoms with Gasteiger partial charge in [-0.2, -0.15) is 0 Å². The van der Waals surface area contributed by atoms with E-state index in [0.29, 0.717) is 33.0 Å². The van der Waals surface area contributed by atoms with Crippen LogP contribution in [0.5, 0.6) is 17.2 Å². The Bertz CT molecular complexity index is 751. The van der Waals surface area contributed by atoms with Crippen LogP contribution in [0.2, 0.25) is 10.0 Å². The molecule has 120 valence electrons. The Morgan fingerprint density at radius 1 is 1.17 bits per heavy atom. The van der Waals surface area contributed by atoms with Gasteiger partial charge in [-0.3, -0.25) is 4.79 Å². The zero-order chi connectivity index (χ0) is 16.4. The van der Waals surface area contributed by atoms with Gasteiger partial charge in [0.1, 0.15) is 5.75 Å². The van der Waals surface area contributed by atoms with Crippen molar-refractivity contribution in [2.75, 3.05) is 12.1 Å². The van der Waals surface area contributed by atoms with Crippen LogP contribution in [-0.4, -0.2) is 18.8 Å². The number of hydrogen-bond donors (Lipinski definition) is 1. The van der Waals surface area contributed by atoms with Crippen molar-refractivity contribution in [3.05, 3.63) is 46.4 Å². The van der Waals surface area contributed by atoms with Gasteiger partial charge in [-0.1, -0.05) is 23.2 Å². The van der Waals surface area contributed by atoms with Crippen molar-refractivity contribution in [3.8, 4) is 17.2 Å². The molecule has 3 rings (SSSR count). The molecule has 5 nitrogen and oxygen atoms in total. The molecule has 0 aromatic heterocycles. The largest absolute Gasteiger partial charge is 0.481 e. The minimum absolute atomic E-state index is 0.183. The first-order chi connectivity index (χ1) is 11.0. The monoisotopic (exact) mass is 353 g/mol. The molecule has 2 aromatic rings. The first-order valence-electron chi connectivity index (χ1n) is 6.85. The molecule has 1 heterocycles. The average Bonchev–Trinajstić information content (AvgIpc) is 2.98. The fourth-order valence-corrected chi connectivity index (χ4v) is 2.37. The lowest BCUT2D eigenvalue weighted by atomic mass is 10.2. The van der Waals surface area contributed by atoms with E-state index in [1.54, 1.807) is 43.3 Å². The summed E-state index contributed by atoms with van der Waals surface area (Å²) in [6.45, 7) is 1.82. The topological polar surface area (TPSA) is 56.8 Å². The number of carbonyl (C=O) groups is 1. The molecule has 1 atom stereocenters. The Hall–Kier alpha value is -2.11. The summed E-state index contributed by atoms with van der Waals surface area (Å²) in [5.41, 5.74) is 0.435. The summed E-state index contributed by atoms with van der Waals surface area (Å²) in [4.78, 5) is 12.2.